The highest BCUT2D eigenvalue weighted by Gasteiger charge is 2.13. The van der Waals surface area contributed by atoms with Gasteiger partial charge in [-0.2, -0.15) is 0 Å². The zero-order valence-corrected chi connectivity index (χ0v) is 9.21. The van der Waals surface area contributed by atoms with E-state index in [1.165, 1.54) is 31.2 Å². The van der Waals surface area contributed by atoms with Crippen molar-refractivity contribution >= 4 is 5.69 Å². The molecule has 3 N–H and O–H groups in total. The standard InChI is InChI=1S/C13H20N2/c14-12-5-3-4-11(10-12)8-9-15-13-6-1-2-7-13/h3-5,10,13,15H,1-2,6-9,14H2. The molecule has 0 atom stereocenters. The van der Waals surface area contributed by atoms with Crippen molar-refractivity contribution in [1.29, 1.82) is 0 Å². The number of nitrogens with two attached hydrogens (primary N) is 1. The van der Waals surface area contributed by atoms with E-state index in [1.807, 2.05) is 12.1 Å². The lowest BCUT2D eigenvalue weighted by Crippen LogP contribution is -2.27. The molecule has 0 spiro atoms. The molecule has 0 aliphatic heterocycles. The van der Waals surface area contributed by atoms with E-state index in [0.29, 0.717) is 0 Å². The van der Waals surface area contributed by atoms with Crippen LogP contribution in [0.15, 0.2) is 24.3 Å². The van der Waals surface area contributed by atoms with Crippen molar-refractivity contribution in [3.63, 3.8) is 0 Å². The molecule has 1 aliphatic rings. The van der Waals surface area contributed by atoms with Crippen LogP contribution in [0.3, 0.4) is 0 Å². The van der Waals surface area contributed by atoms with Gasteiger partial charge in [-0.1, -0.05) is 25.0 Å². The first kappa shape index (κ1) is 10.5. The number of nitrogens with one attached hydrogen (secondary N) is 1. The second-order valence-corrected chi connectivity index (χ2v) is 4.43. The van der Waals surface area contributed by atoms with Gasteiger partial charge in [0, 0.05) is 11.7 Å². The summed E-state index contributed by atoms with van der Waals surface area (Å²) in [6, 6.07) is 8.95. The maximum atomic E-state index is 5.73. The molecule has 0 aromatic heterocycles. The molecule has 1 fully saturated rings. The van der Waals surface area contributed by atoms with Crippen LogP contribution in [0.5, 0.6) is 0 Å². The summed E-state index contributed by atoms with van der Waals surface area (Å²) in [5.74, 6) is 0. The topological polar surface area (TPSA) is 38.0 Å². The SMILES string of the molecule is Nc1cccc(CCNC2CCCC2)c1. The second-order valence-electron chi connectivity index (χ2n) is 4.43. The van der Waals surface area contributed by atoms with Crippen molar-refractivity contribution in [1.82, 2.24) is 5.32 Å². The average Bonchev–Trinajstić information content (AvgIpc) is 2.71. The molecule has 0 amide bonds. The fraction of sp³-hybridized carbons (Fsp3) is 0.538. The molecule has 0 bridgehead atoms. The number of benzene rings is 1. The number of hydrogen-bond acceptors (Lipinski definition) is 2. The Balaban J connectivity index is 1.73. The van der Waals surface area contributed by atoms with Crippen molar-refractivity contribution in [2.75, 3.05) is 12.3 Å². The van der Waals surface area contributed by atoms with Crippen LogP contribution in [0.25, 0.3) is 0 Å². The zero-order valence-electron chi connectivity index (χ0n) is 9.21. The van der Waals surface area contributed by atoms with Crippen LogP contribution in [-0.2, 0) is 6.42 Å². The largest absolute Gasteiger partial charge is 0.399 e. The maximum Gasteiger partial charge on any atom is 0.0316 e. The third-order valence-corrected chi connectivity index (χ3v) is 3.15. The lowest BCUT2D eigenvalue weighted by atomic mass is 10.1. The Morgan fingerprint density at radius 3 is 2.80 bits per heavy atom. The normalized spacial score (nSPS) is 17.1. The molecule has 1 aromatic carbocycles. The predicted molar refractivity (Wildman–Crippen MR) is 64.8 cm³/mol. The van der Waals surface area contributed by atoms with E-state index in [-0.39, 0.29) is 0 Å². The Morgan fingerprint density at radius 1 is 1.27 bits per heavy atom. The van der Waals surface area contributed by atoms with Gasteiger partial charge >= 0.3 is 0 Å². The first-order valence-electron chi connectivity index (χ1n) is 5.92. The summed E-state index contributed by atoms with van der Waals surface area (Å²) < 4.78 is 0. The van der Waals surface area contributed by atoms with E-state index in [0.717, 1.165) is 24.7 Å². The highest BCUT2D eigenvalue weighted by Crippen LogP contribution is 2.17. The van der Waals surface area contributed by atoms with E-state index >= 15 is 0 Å². The van der Waals surface area contributed by atoms with E-state index in [2.05, 4.69) is 17.4 Å². The van der Waals surface area contributed by atoms with E-state index in [4.69, 9.17) is 5.73 Å². The third kappa shape index (κ3) is 3.24. The highest BCUT2D eigenvalue weighted by atomic mass is 14.9. The number of hydrogen-bond donors (Lipinski definition) is 2. The highest BCUT2D eigenvalue weighted by molar-refractivity contribution is 5.40. The summed E-state index contributed by atoms with van der Waals surface area (Å²) in [6.07, 6.45) is 6.60. The monoisotopic (exact) mass is 204 g/mol. The van der Waals surface area contributed by atoms with Crippen LogP contribution in [0, 0.1) is 0 Å². The van der Waals surface area contributed by atoms with Crippen molar-refractivity contribution < 1.29 is 0 Å². The van der Waals surface area contributed by atoms with Crippen LogP contribution in [0.4, 0.5) is 5.69 Å². The Labute approximate surface area is 91.9 Å². The lowest BCUT2D eigenvalue weighted by molar-refractivity contribution is 0.528. The van der Waals surface area contributed by atoms with Crippen molar-refractivity contribution in [3.05, 3.63) is 29.8 Å². The summed E-state index contributed by atoms with van der Waals surface area (Å²) in [7, 11) is 0. The summed E-state index contributed by atoms with van der Waals surface area (Å²) in [6.45, 7) is 1.08. The summed E-state index contributed by atoms with van der Waals surface area (Å²) in [4.78, 5) is 0. The van der Waals surface area contributed by atoms with Gasteiger partial charge in [0.25, 0.3) is 0 Å². The Hall–Kier alpha value is -1.02. The van der Waals surface area contributed by atoms with Crippen LogP contribution in [0.2, 0.25) is 0 Å². The minimum atomic E-state index is 0.769. The van der Waals surface area contributed by atoms with Gasteiger partial charge in [0.15, 0.2) is 0 Å². The molecule has 1 aliphatic carbocycles. The lowest BCUT2D eigenvalue weighted by Gasteiger charge is -2.11. The quantitative estimate of drug-likeness (QED) is 0.739. The van der Waals surface area contributed by atoms with Crippen molar-refractivity contribution in [2.24, 2.45) is 0 Å². The number of anilines is 1. The molecule has 1 saturated carbocycles. The molecule has 2 nitrogen and oxygen atoms in total. The van der Waals surface area contributed by atoms with Crippen molar-refractivity contribution in [3.8, 4) is 0 Å². The second kappa shape index (κ2) is 5.17. The zero-order chi connectivity index (χ0) is 10.5. The first-order chi connectivity index (χ1) is 7.34. The van der Waals surface area contributed by atoms with Gasteiger partial charge in [-0.3, -0.25) is 0 Å². The van der Waals surface area contributed by atoms with Gasteiger partial charge in [-0.15, -0.1) is 0 Å². The Kier molecular flexibility index (Phi) is 3.62. The number of nitrogen functional groups attached to an aromatic ring is 1. The molecule has 82 valence electrons. The molecule has 1 aromatic rings. The molecule has 15 heavy (non-hydrogen) atoms. The molecule has 0 saturated heterocycles. The van der Waals surface area contributed by atoms with Gasteiger partial charge in [0.2, 0.25) is 0 Å². The van der Waals surface area contributed by atoms with Gasteiger partial charge in [-0.05, 0) is 43.5 Å². The van der Waals surface area contributed by atoms with Crippen LogP contribution in [-0.4, -0.2) is 12.6 Å². The van der Waals surface area contributed by atoms with Gasteiger partial charge in [0.05, 0.1) is 0 Å². The fourth-order valence-corrected chi connectivity index (χ4v) is 2.30. The van der Waals surface area contributed by atoms with Crippen LogP contribution >= 0.6 is 0 Å². The molecule has 0 heterocycles. The molecule has 0 radical (unpaired) electrons. The molecule has 2 rings (SSSR count). The Bertz CT molecular complexity index is 303. The van der Waals surface area contributed by atoms with Crippen molar-refractivity contribution in [2.45, 2.75) is 38.1 Å². The molecule has 0 unspecified atom stereocenters. The Morgan fingerprint density at radius 2 is 2.07 bits per heavy atom. The smallest absolute Gasteiger partial charge is 0.0316 e. The van der Waals surface area contributed by atoms with Gasteiger partial charge < -0.3 is 11.1 Å². The molecule has 2 heteroatoms. The molecular formula is C13H20N2. The van der Waals surface area contributed by atoms with Gasteiger partial charge in [-0.25, -0.2) is 0 Å². The summed E-state index contributed by atoms with van der Waals surface area (Å²) in [5, 5.41) is 3.61. The molecular weight excluding hydrogens is 184 g/mol. The van der Waals surface area contributed by atoms with E-state index in [1.54, 1.807) is 0 Å². The minimum absolute atomic E-state index is 0.769. The predicted octanol–water partition coefficient (Wildman–Crippen LogP) is 2.34. The fourth-order valence-electron chi connectivity index (χ4n) is 2.30. The maximum absolute atomic E-state index is 5.73. The summed E-state index contributed by atoms with van der Waals surface area (Å²) in [5.41, 5.74) is 7.93. The van der Waals surface area contributed by atoms with E-state index in [9.17, 15) is 0 Å². The van der Waals surface area contributed by atoms with Crippen LogP contribution in [0.1, 0.15) is 31.2 Å². The minimum Gasteiger partial charge on any atom is -0.399 e. The number of rotatable bonds is 4. The third-order valence-electron chi connectivity index (χ3n) is 3.15. The van der Waals surface area contributed by atoms with Crippen LogP contribution < -0.4 is 11.1 Å². The first-order valence-corrected chi connectivity index (χ1v) is 5.92. The van der Waals surface area contributed by atoms with Gasteiger partial charge in [0.1, 0.15) is 0 Å². The van der Waals surface area contributed by atoms with E-state index < -0.39 is 0 Å². The summed E-state index contributed by atoms with van der Waals surface area (Å²) >= 11 is 0. The average molecular weight is 204 g/mol.